The zero-order valence-corrected chi connectivity index (χ0v) is 13.2. The average molecular weight is 300 g/mol. The highest BCUT2D eigenvalue weighted by Crippen LogP contribution is 2.32. The molecule has 0 saturated carbocycles. The number of ether oxygens (including phenoxy) is 2. The van der Waals surface area contributed by atoms with E-state index in [1.165, 1.54) is 0 Å². The second kappa shape index (κ2) is 6.93. The van der Waals surface area contributed by atoms with Gasteiger partial charge in [-0.1, -0.05) is 0 Å². The highest BCUT2D eigenvalue weighted by molar-refractivity contribution is 5.95. The Morgan fingerprint density at radius 1 is 1.14 bits per heavy atom. The smallest absolute Gasteiger partial charge is 0.251 e. The second-order valence-corrected chi connectivity index (χ2v) is 5.12. The summed E-state index contributed by atoms with van der Waals surface area (Å²) in [4.78, 5) is 16.5. The zero-order chi connectivity index (χ0) is 16.1. The maximum absolute atomic E-state index is 12.1. The molecule has 0 aliphatic heterocycles. The number of nitrogens with one attached hydrogen (secondary N) is 1. The molecule has 0 bridgehead atoms. The van der Waals surface area contributed by atoms with Crippen molar-refractivity contribution in [1.29, 1.82) is 0 Å². The van der Waals surface area contributed by atoms with Gasteiger partial charge >= 0.3 is 0 Å². The number of carbonyl (C=O) groups excluding carboxylic acids is 1. The third-order valence-corrected chi connectivity index (χ3v) is 3.12. The Kier molecular flexibility index (Phi) is 4.99. The molecule has 1 heterocycles. The van der Waals surface area contributed by atoms with Gasteiger partial charge in [0.15, 0.2) is 0 Å². The van der Waals surface area contributed by atoms with E-state index in [1.54, 1.807) is 32.5 Å². The zero-order valence-electron chi connectivity index (χ0n) is 13.2. The van der Waals surface area contributed by atoms with Gasteiger partial charge in [0.2, 0.25) is 0 Å². The summed E-state index contributed by atoms with van der Waals surface area (Å²) in [6.45, 7) is 3.84. The van der Waals surface area contributed by atoms with Gasteiger partial charge in [-0.15, -0.1) is 0 Å². The first kappa shape index (κ1) is 15.8. The molecule has 1 N–H and O–H groups in total. The Labute approximate surface area is 130 Å². The van der Waals surface area contributed by atoms with Crippen LogP contribution in [-0.4, -0.2) is 31.2 Å². The van der Waals surface area contributed by atoms with E-state index in [2.05, 4.69) is 10.3 Å². The SMILES string of the molecule is COc1ccc(OC)c(-c2cc(C(=O)NC(C)C)ccn2)c1. The predicted molar refractivity (Wildman–Crippen MR) is 85.4 cm³/mol. The van der Waals surface area contributed by atoms with Gasteiger partial charge in [0.05, 0.1) is 19.9 Å². The average Bonchev–Trinajstić information content (AvgIpc) is 2.53. The molecule has 0 aliphatic carbocycles. The summed E-state index contributed by atoms with van der Waals surface area (Å²) in [6, 6.07) is 8.98. The molecule has 1 aromatic carbocycles. The van der Waals surface area contributed by atoms with E-state index in [9.17, 15) is 4.79 Å². The van der Waals surface area contributed by atoms with Gasteiger partial charge in [0.1, 0.15) is 11.5 Å². The van der Waals surface area contributed by atoms with E-state index in [-0.39, 0.29) is 11.9 Å². The Morgan fingerprint density at radius 2 is 1.91 bits per heavy atom. The van der Waals surface area contributed by atoms with E-state index in [1.807, 2.05) is 32.0 Å². The van der Waals surface area contributed by atoms with Crippen LogP contribution in [0, 0.1) is 0 Å². The van der Waals surface area contributed by atoms with Crippen LogP contribution in [0.4, 0.5) is 0 Å². The maximum atomic E-state index is 12.1. The quantitative estimate of drug-likeness (QED) is 0.922. The minimum Gasteiger partial charge on any atom is -0.497 e. The third kappa shape index (κ3) is 3.55. The normalized spacial score (nSPS) is 10.4. The second-order valence-electron chi connectivity index (χ2n) is 5.12. The molecule has 0 unspecified atom stereocenters. The van der Waals surface area contributed by atoms with Crippen LogP contribution in [0.5, 0.6) is 11.5 Å². The maximum Gasteiger partial charge on any atom is 0.251 e. The highest BCUT2D eigenvalue weighted by atomic mass is 16.5. The molecule has 116 valence electrons. The fraction of sp³-hybridized carbons (Fsp3) is 0.294. The predicted octanol–water partition coefficient (Wildman–Crippen LogP) is 2.90. The number of amides is 1. The lowest BCUT2D eigenvalue weighted by Gasteiger charge is -2.12. The van der Waals surface area contributed by atoms with Gasteiger partial charge in [0.25, 0.3) is 5.91 Å². The molecule has 5 heteroatoms. The Bertz CT molecular complexity index is 669. The fourth-order valence-electron chi connectivity index (χ4n) is 2.08. The molecule has 1 aromatic heterocycles. The van der Waals surface area contributed by atoms with E-state index < -0.39 is 0 Å². The van der Waals surface area contributed by atoms with Crippen molar-refractivity contribution in [3.05, 3.63) is 42.1 Å². The molecule has 5 nitrogen and oxygen atoms in total. The van der Waals surface area contributed by atoms with Crippen molar-refractivity contribution in [2.24, 2.45) is 0 Å². The monoisotopic (exact) mass is 300 g/mol. The first-order valence-electron chi connectivity index (χ1n) is 7.04. The minimum atomic E-state index is -0.125. The van der Waals surface area contributed by atoms with Crippen molar-refractivity contribution in [1.82, 2.24) is 10.3 Å². The summed E-state index contributed by atoms with van der Waals surface area (Å²) in [5, 5.41) is 2.87. The molecule has 0 aliphatic rings. The van der Waals surface area contributed by atoms with Crippen molar-refractivity contribution < 1.29 is 14.3 Å². The first-order chi connectivity index (χ1) is 10.5. The summed E-state index contributed by atoms with van der Waals surface area (Å²) in [5.41, 5.74) is 2.00. The van der Waals surface area contributed by atoms with Gasteiger partial charge in [-0.2, -0.15) is 0 Å². The first-order valence-corrected chi connectivity index (χ1v) is 7.04. The van der Waals surface area contributed by atoms with Crippen LogP contribution in [-0.2, 0) is 0 Å². The lowest BCUT2D eigenvalue weighted by atomic mass is 10.1. The van der Waals surface area contributed by atoms with Gasteiger partial charge in [-0.25, -0.2) is 0 Å². The van der Waals surface area contributed by atoms with Gasteiger partial charge in [-0.3, -0.25) is 9.78 Å². The number of aromatic nitrogens is 1. The standard InChI is InChI=1S/C17H20N2O3/c1-11(2)19-17(20)12-7-8-18-15(9-12)14-10-13(21-3)5-6-16(14)22-4/h5-11H,1-4H3,(H,19,20). The van der Waals surface area contributed by atoms with E-state index in [4.69, 9.17) is 9.47 Å². The van der Waals surface area contributed by atoms with Gasteiger partial charge < -0.3 is 14.8 Å². The molecule has 0 saturated heterocycles. The summed E-state index contributed by atoms with van der Waals surface area (Å²) < 4.78 is 10.6. The van der Waals surface area contributed by atoms with Crippen molar-refractivity contribution in [3.63, 3.8) is 0 Å². The fourth-order valence-corrected chi connectivity index (χ4v) is 2.08. The van der Waals surface area contributed by atoms with E-state index in [0.717, 1.165) is 5.56 Å². The Balaban J connectivity index is 2.43. The Hall–Kier alpha value is -2.56. The number of hydrogen-bond donors (Lipinski definition) is 1. The molecule has 2 aromatic rings. The topological polar surface area (TPSA) is 60.5 Å². The van der Waals surface area contributed by atoms with Crippen molar-refractivity contribution >= 4 is 5.91 Å². The van der Waals surface area contributed by atoms with Crippen LogP contribution in [0.2, 0.25) is 0 Å². The van der Waals surface area contributed by atoms with Gasteiger partial charge in [-0.05, 0) is 44.2 Å². The summed E-state index contributed by atoms with van der Waals surface area (Å²) in [5.74, 6) is 1.25. The molecule has 2 rings (SSSR count). The molecule has 0 spiro atoms. The number of nitrogens with zero attached hydrogens (tertiary/aromatic N) is 1. The molecule has 0 fully saturated rings. The number of benzene rings is 1. The van der Waals surface area contributed by atoms with Gasteiger partial charge in [0, 0.05) is 23.4 Å². The number of pyridine rings is 1. The van der Waals surface area contributed by atoms with Crippen LogP contribution < -0.4 is 14.8 Å². The van der Waals surface area contributed by atoms with Crippen LogP contribution >= 0.6 is 0 Å². The van der Waals surface area contributed by atoms with Crippen LogP contribution in [0.15, 0.2) is 36.5 Å². The summed E-state index contributed by atoms with van der Waals surface area (Å²) in [6.07, 6.45) is 1.61. The van der Waals surface area contributed by atoms with E-state index >= 15 is 0 Å². The lowest BCUT2D eigenvalue weighted by Crippen LogP contribution is -2.30. The summed E-state index contributed by atoms with van der Waals surface area (Å²) in [7, 11) is 3.20. The number of carbonyl (C=O) groups is 1. The van der Waals surface area contributed by atoms with Crippen molar-refractivity contribution in [2.75, 3.05) is 14.2 Å². The molecule has 0 radical (unpaired) electrons. The molecule has 1 amide bonds. The van der Waals surface area contributed by atoms with Crippen LogP contribution in [0.1, 0.15) is 24.2 Å². The van der Waals surface area contributed by atoms with Crippen LogP contribution in [0.25, 0.3) is 11.3 Å². The number of methoxy groups -OCH3 is 2. The molecular weight excluding hydrogens is 280 g/mol. The number of hydrogen-bond acceptors (Lipinski definition) is 4. The molecule has 22 heavy (non-hydrogen) atoms. The van der Waals surface area contributed by atoms with Crippen molar-refractivity contribution in [3.8, 4) is 22.8 Å². The van der Waals surface area contributed by atoms with Crippen molar-refractivity contribution in [2.45, 2.75) is 19.9 Å². The lowest BCUT2D eigenvalue weighted by molar-refractivity contribution is 0.0943. The molecule has 0 atom stereocenters. The molecular formula is C17H20N2O3. The largest absolute Gasteiger partial charge is 0.497 e. The van der Waals surface area contributed by atoms with Crippen LogP contribution in [0.3, 0.4) is 0 Å². The minimum absolute atomic E-state index is 0.0791. The summed E-state index contributed by atoms with van der Waals surface area (Å²) >= 11 is 0. The van der Waals surface area contributed by atoms with E-state index in [0.29, 0.717) is 22.8 Å². The number of rotatable bonds is 5. The highest BCUT2D eigenvalue weighted by Gasteiger charge is 2.12. The Morgan fingerprint density at radius 3 is 2.55 bits per heavy atom. The third-order valence-electron chi connectivity index (χ3n) is 3.12.